The fourth-order valence-electron chi connectivity index (χ4n) is 2.57. The van der Waals surface area contributed by atoms with E-state index >= 15 is 0 Å². The van der Waals surface area contributed by atoms with Gasteiger partial charge in [0.25, 0.3) is 0 Å². The lowest BCUT2D eigenvalue weighted by Crippen LogP contribution is -2.21. The third-order valence-corrected chi connectivity index (χ3v) is 4.35. The van der Waals surface area contributed by atoms with E-state index in [2.05, 4.69) is 38.7 Å². The summed E-state index contributed by atoms with van der Waals surface area (Å²) < 4.78 is 78.0. The molecule has 196 valence electrons. The lowest BCUT2D eigenvalue weighted by atomic mass is 10.1. The van der Waals surface area contributed by atoms with E-state index in [-0.39, 0.29) is 18.2 Å². The molecule has 5 nitrogen and oxygen atoms in total. The van der Waals surface area contributed by atoms with Crippen molar-refractivity contribution >= 4 is 18.7 Å². The van der Waals surface area contributed by atoms with Gasteiger partial charge in [-0.25, -0.2) is 0 Å². The Morgan fingerprint density at radius 1 is 0.611 bits per heavy atom. The Balaban J connectivity index is 0.000000300. The van der Waals surface area contributed by atoms with Crippen LogP contribution in [0.5, 0.6) is 5.75 Å². The van der Waals surface area contributed by atoms with E-state index in [1.54, 1.807) is 0 Å². The molecule has 36 heavy (non-hydrogen) atoms. The van der Waals surface area contributed by atoms with E-state index in [1.807, 2.05) is 64.6 Å². The molecular weight excluding hydrogens is 489 g/mol. The maximum atomic E-state index is 12.3. The first kappa shape index (κ1) is 30.7. The molecule has 0 saturated carbocycles. The lowest BCUT2D eigenvalue weighted by molar-refractivity contribution is -0.143. The van der Waals surface area contributed by atoms with Crippen LogP contribution in [0.15, 0.2) is 78.9 Å². The van der Waals surface area contributed by atoms with E-state index in [0.717, 1.165) is 0 Å². The zero-order valence-electron chi connectivity index (χ0n) is 20.0. The van der Waals surface area contributed by atoms with Crippen LogP contribution in [0, 0.1) is 0 Å². The summed E-state index contributed by atoms with van der Waals surface area (Å²) in [5.74, 6) is -0.952. The van der Waals surface area contributed by atoms with E-state index in [9.17, 15) is 26.3 Å². The molecule has 2 N–H and O–H groups in total. The van der Waals surface area contributed by atoms with Crippen LogP contribution < -0.4 is 14.5 Å². The van der Waals surface area contributed by atoms with E-state index < -0.39 is 36.6 Å². The van der Waals surface area contributed by atoms with Crippen LogP contribution >= 0.6 is 0 Å². The third kappa shape index (κ3) is 11.4. The topological polar surface area (TPSA) is 56.2 Å². The Bertz CT molecular complexity index is 956. The molecule has 3 aromatic carbocycles. The molecule has 0 heterocycles. The second kappa shape index (κ2) is 13.6. The van der Waals surface area contributed by atoms with Gasteiger partial charge in [-0.1, -0.05) is 36.4 Å². The molecule has 0 fully saturated rings. The van der Waals surface area contributed by atoms with Crippen LogP contribution in [0.25, 0.3) is 0 Å². The number of anilines is 2. The van der Waals surface area contributed by atoms with Crippen LogP contribution in [-0.4, -0.2) is 45.6 Å². The first-order chi connectivity index (χ1) is 16.6. The van der Waals surface area contributed by atoms with Crippen LogP contribution in [0.3, 0.4) is 0 Å². The summed E-state index contributed by atoms with van der Waals surface area (Å²) >= 11 is 0. The van der Waals surface area contributed by atoms with Gasteiger partial charge in [0.2, 0.25) is 0 Å². The summed E-state index contributed by atoms with van der Waals surface area (Å²) in [4.78, 5) is 4.17. The Morgan fingerprint density at radius 2 is 0.944 bits per heavy atom. The number of hydrogen-bond donors (Lipinski definition) is 2. The van der Waals surface area contributed by atoms with E-state index in [4.69, 9.17) is 10.0 Å². The highest BCUT2D eigenvalue weighted by molar-refractivity contribution is 6.33. The van der Waals surface area contributed by atoms with Gasteiger partial charge in [-0.2, -0.15) is 26.3 Å². The van der Waals surface area contributed by atoms with Gasteiger partial charge in [0.15, 0.2) is 0 Å². The molecular formula is C24H27BF6N2O3. The number of benzene rings is 3. The molecule has 0 aliphatic carbocycles. The number of hydrogen-bond acceptors (Lipinski definition) is 5. The molecule has 0 unspecified atom stereocenters. The molecule has 0 aromatic heterocycles. The molecule has 0 aliphatic heterocycles. The Kier molecular flexibility index (Phi) is 11.6. The molecule has 0 atom stereocenters. The molecule has 0 saturated heterocycles. The predicted octanol–water partition coefficient (Wildman–Crippen LogP) is 5.58. The molecule has 3 aromatic rings. The van der Waals surface area contributed by atoms with Crippen molar-refractivity contribution < 1.29 is 41.0 Å². The van der Waals surface area contributed by atoms with Crippen molar-refractivity contribution in [1.82, 2.24) is 0 Å². The molecule has 0 radical (unpaired) electrons. The fourth-order valence-corrected chi connectivity index (χ4v) is 2.57. The summed E-state index contributed by atoms with van der Waals surface area (Å²) in [5.41, 5.74) is -0.712. The highest BCUT2D eigenvalue weighted by Crippen LogP contribution is 2.38. The normalized spacial score (nSPS) is 10.8. The average Bonchev–Trinajstić information content (AvgIpc) is 2.79. The van der Waals surface area contributed by atoms with Crippen LogP contribution in [-0.2, 0) is 12.4 Å². The van der Waals surface area contributed by atoms with Gasteiger partial charge in [0, 0.05) is 39.6 Å². The zero-order chi connectivity index (χ0) is 27.5. The van der Waals surface area contributed by atoms with Gasteiger partial charge in [0.1, 0.15) is 5.75 Å². The summed E-state index contributed by atoms with van der Waals surface area (Å²) in [6.45, 7) is 0. The molecule has 0 spiro atoms. The largest absolute Gasteiger partial charge is 0.707 e. The van der Waals surface area contributed by atoms with E-state index in [1.165, 1.54) is 11.4 Å². The maximum absolute atomic E-state index is 12.3. The summed E-state index contributed by atoms with van der Waals surface area (Å²) in [5, 5.41) is 16.7. The van der Waals surface area contributed by atoms with Gasteiger partial charge < -0.3 is 24.5 Å². The quantitative estimate of drug-likeness (QED) is 0.351. The van der Waals surface area contributed by atoms with Crippen molar-refractivity contribution in [3.05, 3.63) is 90.0 Å². The van der Waals surface area contributed by atoms with Gasteiger partial charge in [0.05, 0.1) is 11.1 Å². The predicted molar refractivity (Wildman–Crippen MR) is 129 cm³/mol. The molecule has 0 aliphatic rings. The maximum Gasteiger partial charge on any atom is 0.707 e. The smallest absolute Gasteiger partial charge is 0.512 e. The van der Waals surface area contributed by atoms with Crippen LogP contribution in [0.2, 0.25) is 0 Å². The minimum absolute atomic E-state index is 0.101. The van der Waals surface area contributed by atoms with Crippen molar-refractivity contribution in [1.29, 1.82) is 0 Å². The minimum atomic E-state index is -5.01. The van der Waals surface area contributed by atoms with Gasteiger partial charge in [-0.3, -0.25) is 0 Å². The summed E-state index contributed by atoms with van der Waals surface area (Å²) in [7, 11) is 5.63. The highest BCUT2D eigenvalue weighted by atomic mass is 19.4. The fraction of sp³-hybridized carbons (Fsp3) is 0.250. The SMILES string of the molecule is CN(C)c1ccccc1.CN(C)c1ccccc1.OB(O)Oc1cc(C(F)(F)F)cc(C(F)(F)F)c1. The first-order valence-electron chi connectivity index (χ1n) is 10.4. The second-order valence-corrected chi connectivity index (χ2v) is 7.65. The first-order valence-corrected chi connectivity index (χ1v) is 10.4. The number of para-hydroxylation sites is 2. The third-order valence-electron chi connectivity index (χ3n) is 4.35. The Morgan fingerprint density at radius 3 is 1.17 bits per heavy atom. The monoisotopic (exact) mass is 516 g/mol. The van der Waals surface area contributed by atoms with Crippen molar-refractivity contribution in [2.45, 2.75) is 12.4 Å². The molecule has 0 bridgehead atoms. The number of alkyl halides is 6. The van der Waals surface area contributed by atoms with Crippen molar-refractivity contribution in [3.63, 3.8) is 0 Å². The molecule has 3 rings (SSSR count). The molecule has 0 amide bonds. The molecule has 12 heteroatoms. The summed E-state index contributed by atoms with van der Waals surface area (Å²) in [6, 6.07) is 20.9. The minimum Gasteiger partial charge on any atom is -0.512 e. The van der Waals surface area contributed by atoms with E-state index in [0.29, 0.717) is 0 Å². The zero-order valence-corrected chi connectivity index (χ0v) is 20.0. The average molecular weight is 516 g/mol. The van der Waals surface area contributed by atoms with Crippen molar-refractivity contribution in [2.75, 3.05) is 38.0 Å². The van der Waals surface area contributed by atoms with Crippen molar-refractivity contribution in [3.8, 4) is 5.75 Å². The standard InChI is InChI=1S/C8H5BF6O3.2C8H11N/c10-7(11,12)4-1-5(8(13,14)15)3-6(2-4)18-9(16)17;2*1-9(2)8-6-4-3-5-7-8/h1-3,16-17H;2*3-7H,1-2H3. The number of nitrogens with zero attached hydrogens (tertiary/aromatic N) is 2. The van der Waals surface area contributed by atoms with Crippen LogP contribution in [0.1, 0.15) is 11.1 Å². The van der Waals surface area contributed by atoms with Gasteiger partial charge in [-0.15, -0.1) is 0 Å². The highest BCUT2D eigenvalue weighted by Gasteiger charge is 2.37. The van der Waals surface area contributed by atoms with Gasteiger partial charge >= 0.3 is 19.7 Å². The lowest BCUT2D eigenvalue weighted by Gasteiger charge is -2.14. The van der Waals surface area contributed by atoms with Gasteiger partial charge in [-0.05, 0) is 42.5 Å². The second-order valence-electron chi connectivity index (χ2n) is 7.65. The van der Waals surface area contributed by atoms with Crippen LogP contribution in [0.4, 0.5) is 37.7 Å². The van der Waals surface area contributed by atoms with Crippen molar-refractivity contribution in [2.24, 2.45) is 0 Å². The Labute approximate surface area is 206 Å². The summed E-state index contributed by atoms with van der Waals surface area (Å²) in [6.07, 6.45) is -10.0. The number of rotatable bonds is 4. The Hall–Kier alpha value is -3.38. The number of halogens is 6.